The van der Waals surface area contributed by atoms with Crippen LogP contribution in [0.3, 0.4) is 0 Å². The van der Waals surface area contributed by atoms with E-state index in [1.807, 2.05) is 25.3 Å². The third kappa shape index (κ3) is 2.58. The molecule has 2 rings (SSSR count). The SMILES string of the molecule is CCC(O)CCc1ccc2ncccc2c1. The van der Waals surface area contributed by atoms with E-state index in [1.54, 1.807) is 0 Å². The molecular weight excluding hydrogens is 198 g/mol. The number of hydrogen-bond acceptors (Lipinski definition) is 2. The molecule has 0 amide bonds. The lowest BCUT2D eigenvalue weighted by atomic mass is 10.0. The molecule has 1 atom stereocenters. The van der Waals surface area contributed by atoms with E-state index in [-0.39, 0.29) is 6.10 Å². The van der Waals surface area contributed by atoms with Crippen molar-refractivity contribution in [3.8, 4) is 0 Å². The molecule has 0 aliphatic rings. The Morgan fingerprint density at radius 1 is 1.31 bits per heavy atom. The highest BCUT2D eigenvalue weighted by Crippen LogP contribution is 2.15. The van der Waals surface area contributed by atoms with Crippen molar-refractivity contribution in [2.45, 2.75) is 32.3 Å². The molecule has 1 heterocycles. The molecule has 0 bridgehead atoms. The van der Waals surface area contributed by atoms with Crippen LogP contribution in [0.5, 0.6) is 0 Å². The van der Waals surface area contributed by atoms with E-state index >= 15 is 0 Å². The van der Waals surface area contributed by atoms with Crippen LogP contribution in [0.15, 0.2) is 36.5 Å². The van der Waals surface area contributed by atoms with Crippen LogP contribution in [0.2, 0.25) is 0 Å². The Labute approximate surface area is 96.0 Å². The van der Waals surface area contributed by atoms with Gasteiger partial charge in [0.15, 0.2) is 0 Å². The molecule has 0 aliphatic carbocycles. The topological polar surface area (TPSA) is 33.1 Å². The maximum absolute atomic E-state index is 9.52. The number of aliphatic hydroxyl groups excluding tert-OH is 1. The lowest BCUT2D eigenvalue weighted by Gasteiger charge is -2.07. The molecule has 1 unspecified atom stereocenters. The van der Waals surface area contributed by atoms with Crippen LogP contribution >= 0.6 is 0 Å². The summed E-state index contributed by atoms with van der Waals surface area (Å²) >= 11 is 0. The van der Waals surface area contributed by atoms with E-state index in [1.165, 1.54) is 10.9 Å². The van der Waals surface area contributed by atoms with E-state index < -0.39 is 0 Å². The number of rotatable bonds is 4. The molecule has 0 fully saturated rings. The van der Waals surface area contributed by atoms with Crippen LogP contribution in [0.25, 0.3) is 10.9 Å². The van der Waals surface area contributed by atoms with Crippen molar-refractivity contribution in [1.29, 1.82) is 0 Å². The average Bonchev–Trinajstić information content (AvgIpc) is 2.35. The van der Waals surface area contributed by atoms with Gasteiger partial charge in [-0.2, -0.15) is 0 Å². The van der Waals surface area contributed by atoms with E-state index in [0.717, 1.165) is 24.8 Å². The van der Waals surface area contributed by atoms with Crippen molar-refractivity contribution in [3.63, 3.8) is 0 Å². The van der Waals surface area contributed by atoms with Gasteiger partial charge in [0.1, 0.15) is 0 Å². The summed E-state index contributed by atoms with van der Waals surface area (Å²) in [6.45, 7) is 2.01. The Hall–Kier alpha value is -1.41. The number of aromatic nitrogens is 1. The van der Waals surface area contributed by atoms with Gasteiger partial charge in [-0.15, -0.1) is 0 Å². The fourth-order valence-electron chi connectivity index (χ4n) is 1.82. The van der Waals surface area contributed by atoms with Gasteiger partial charge in [0.05, 0.1) is 11.6 Å². The molecule has 2 heteroatoms. The monoisotopic (exact) mass is 215 g/mol. The van der Waals surface area contributed by atoms with Crippen LogP contribution in [0, 0.1) is 0 Å². The second-order valence-corrected chi connectivity index (χ2v) is 4.13. The Morgan fingerprint density at radius 3 is 3.00 bits per heavy atom. The number of aliphatic hydroxyl groups is 1. The zero-order valence-electron chi connectivity index (χ0n) is 9.56. The highest BCUT2D eigenvalue weighted by Gasteiger charge is 2.02. The number of fused-ring (bicyclic) bond motifs is 1. The molecule has 16 heavy (non-hydrogen) atoms. The highest BCUT2D eigenvalue weighted by molar-refractivity contribution is 5.78. The molecule has 84 valence electrons. The van der Waals surface area contributed by atoms with Crippen molar-refractivity contribution in [2.75, 3.05) is 0 Å². The first-order chi connectivity index (χ1) is 7.79. The van der Waals surface area contributed by atoms with Gasteiger partial charge in [0.25, 0.3) is 0 Å². The van der Waals surface area contributed by atoms with Gasteiger partial charge in [-0.25, -0.2) is 0 Å². The van der Waals surface area contributed by atoms with Crippen LogP contribution in [0.1, 0.15) is 25.3 Å². The number of aryl methyl sites for hydroxylation is 1. The summed E-state index contributed by atoms with van der Waals surface area (Å²) in [5.74, 6) is 0. The third-order valence-corrected chi connectivity index (χ3v) is 2.90. The molecule has 2 aromatic rings. The standard InChI is InChI=1S/C14H17NO/c1-2-13(16)7-5-11-6-8-14-12(10-11)4-3-9-15-14/h3-4,6,8-10,13,16H,2,5,7H2,1H3. The Balaban J connectivity index is 2.13. The normalized spacial score (nSPS) is 12.9. The van der Waals surface area contributed by atoms with Gasteiger partial charge < -0.3 is 5.11 Å². The van der Waals surface area contributed by atoms with Gasteiger partial charge in [-0.3, -0.25) is 4.98 Å². The minimum atomic E-state index is -0.176. The second-order valence-electron chi connectivity index (χ2n) is 4.13. The summed E-state index contributed by atoms with van der Waals surface area (Å²) in [7, 11) is 0. The molecule has 0 aliphatic heterocycles. The van der Waals surface area contributed by atoms with Gasteiger partial charge in [0.2, 0.25) is 0 Å². The van der Waals surface area contributed by atoms with Gasteiger partial charge in [-0.05, 0) is 43.0 Å². The number of hydrogen-bond donors (Lipinski definition) is 1. The van der Waals surface area contributed by atoms with Crippen molar-refractivity contribution in [3.05, 3.63) is 42.1 Å². The Bertz CT molecular complexity index is 467. The largest absolute Gasteiger partial charge is 0.393 e. The smallest absolute Gasteiger partial charge is 0.0702 e. The summed E-state index contributed by atoms with van der Waals surface area (Å²) < 4.78 is 0. The second kappa shape index (κ2) is 5.08. The highest BCUT2D eigenvalue weighted by atomic mass is 16.3. The lowest BCUT2D eigenvalue weighted by molar-refractivity contribution is 0.160. The fraction of sp³-hybridized carbons (Fsp3) is 0.357. The Kier molecular flexibility index (Phi) is 3.52. The number of pyridine rings is 1. The zero-order valence-corrected chi connectivity index (χ0v) is 9.56. The lowest BCUT2D eigenvalue weighted by Crippen LogP contribution is -2.05. The van der Waals surface area contributed by atoms with Crippen molar-refractivity contribution >= 4 is 10.9 Å². The maximum Gasteiger partial charge on any atom is 0.0702 e. The van der Waals surface area contributed by atoms with Crippen LogP contribution in [-0.4, -0.2) is 16.2 Å². The van der Waals surface area contributed by atoms with Gasteiger partial charge in [-0.1, -0.05) is 19.1 Å². The predicted molar refractivity (Wildman–Crippen MR) is 66.4 cm³/mol. The summed E-state index contributed by atoms with van der Waals surface area (Å²) in [4.78, 5) is 4.28. The molecule has 1 aromatic heterocycles. The molecule has 0 saturated heterocycles. The predicted octanol–water partition coefficient (Wildman–Crippen LogP) is 2.94. The van der Waals surface area contributed by atoms with E-state index in [0.29, 0.717) is 0 Å². The summed E-state index contributed by atoms with van der Waals surface area (Å²) in [6.07, 6.45) is 4.23. The van der Waals surface area contributed by atoms with Gasteiger partial charge >= 0.3 is 0 Å². The maximum atomic E-state index is 9.52. The van der Waals surface area contributed by atoms with Crippen LogP contribution in [-0.2, 0) is 6.42 Å². The Morgan fingerprint density at radius 2 is 2.19 bits per heavy atom. The minimum Gasteiger partial charge on any atom is -0.393 e. The van der Waals surface area contributed by atoms with Crippen molar-refractivity contribution < 1.29 is 5.11 Å². The molecule has 0 spiro atoms. The first-order valence-electron chi connectivity index (χ1n) is 5.81. The minimum absolute atomic E-state index is 0.176. The fourth-order valence-corrected chi connectivity index (χ4v) is 1.82. The first kappa shape index (κ1) is 11.1. The third-order valence-electron chi connectivity index (χ3n) is 2.90. The quantitative estimate of drug-likeness (QED) is 0.850. The van der Waals surface area contributed by atoms with E-state index in [9.17, 15) is 5.11 Å². The summed E-state index contributed by atoms with van der Waals surface area (Å²) in [5, 5.41) is 10.7. The van der Waals surface area contributed by atoms with Gasteiger partial charge in [0, 0.05) is 11.6 Å². The zero-order chi connectivity index (χ0) is 11.4. The number of nitrogens with zero attached hydrogens (tertiary/aromatic N) is 1. The molecule has 0 saturated carbocycles. The molecular formula is C14H17NO. The first-order valence-corrected chi connectivity index (χ1v) is 5.81. The number of benzene rings is 1. The van der Waals surface area contributed by atoms with Crippen LogP contribution < -0.4 is 0 Å². The van der Waals surface area contributed by atoms with E-state index in [4.69, 9.17) is 0 Å². The molecule has 1 aromatic carbocycles. The average molecular weight is 215 g/mol. The van der Waals surface area contributed by atoms with E-state index in [2.05, 4.69) is 23.2 Å². The summed E-state index contributed by atoms with van der Waals surface area (Å²) in [6, 6.07) is 10.3. The summed E-state index contributed by atoms with van der Waals surface area (Å²) in [5.41, 5.74) is 2.30. The van der Waals surface area contributed by atoms with Crippen molar-refractivity contribution in [2.24, 2.45) is 0 Å². The van der Waals surface area contributed by atoms with Crippen molar-refractivity contribution in [1.82, 2.24) is 4.98 Å². The molecule has 0 radical (unpaired) electrons. The molecule has 1 N–H and O–H groups in total. The molecule has 2 nitrogen and oxygen atoms in total. The van der Waals surface area contributed by atoms with Crippen LogP contribution in [0.4, 0.5) is 0 Å².